The van der Waals surface area contributed by atoms with Crippen LogP contribution in [0.25, 0.3) is 0 Å². The van der Waals surface area contributed by atoms with E-state index in [0.29, 0.717) is 5.92 Å². The van der Waals surface area contributed by atoms with Crippen molar-refractivity contribution in [3.05, 3.63) is 24.3 Å². The van der Waals surface area contributed by atoms with Crippen molar-refractivity contribution in [2.45, 2.75) is 51.0 Å². The minimum Gasteiger partial charge on any atom is -0.494 e. The van der Waals surface area contributed by atoms with Crippen molar-refractivity contribution < 1.29 is 14.3 Å². The molecular formula is C21H32N2O3. The third-order valence-electron chi connectivity index (χ3n) is 5.68. The summed E-state index contributed by atoms with van der Waals surface area (Å²) in [5, 5.41) is 2.97. The monoisotopic (exact) mass is 360 g/mol. The number of nitrogens with zero attached hydrogens (tertiary/aromatic N) is 1. The van der Waals surface area contributed by atoms with E-state index < -0.39 is 5.60 Å². The molecule has 5 nitrogen and oxygen atoms in total. The second-order valence-electron chi connectivity index (χ2n) is 7.67. The lowest BCUT2D eigenvalue weighted by atomic mass is 9.99. The van der Waals surface area contributed by atoms with E-state index in [1.165, 1.54) is 32.4 Å². The van der Waals surface area contributed by atoms with Gasteiger partial charge in [-0.3, -0.25) is 4.79 Å². The van der Waals surface area contributed by atoms with Crippen LogP contribution in [0.15, 0.2) is 24.3 Å². The van der Waals surface area contributed by atoms with Gasteiger partial charge in [-0.2, -0.15) is 0 Å². The highest BCUT2D eigenvalue weighted by atomic mass is 16.5. The van der Waals surface area contributed by atoms with E-state index in [9.17, 15) is 4.79 Å². The Hall–Kier alpha value is -1.59. The summed E-state index contributed by atoms with van der Waals surface area (Å²) >= 11 is 0. The van der Waals surface area contributed by atoms with E-state index in [4.69, 9.17) is 9.47 Å². The molecule has 2 fully saturated rings. The largest absolute Gasteiger partial charge is 0.494 e. The zero-order chi connectivity index (χ0) is 18.4. The minimum absolute atomic E-state index is 0.0716. The molecule has 1 aromatic carbocycles. The van der Waals surface area contributed by atoms with Crippen LogP contribution in [0.4, 0.5) is 5.69 Å². The first kappa shape index (κ1) is 19.2. The van der Waals surface area contributed by atoms with Crippen molar-refractivity contribution >= 4 is 11.6 Å². The van der Waals surface area contributed by atoms with Gasteiger partial charge >= 0.3 is 0 Å². The Kier molecular flexibility index (Phi) is 6.54. The van der Waals surface area contributed by atoms with Crippen LogP contribution in [0, 0.1) is 5.92 Å². The van der Waals surface area contributed by atoms with Gasteiger partial charge in [0, 0.05) is 19.3 Å². The van der Waals surface area contributed by atoms with E-state index in [1.54, 1.807) is 7.11 Å². The van der Waals surface area contributed by atoms with E-state index in [1.807, 2.05) is 31.2 Å². The fraction of sp³-hybridized carbons (Fsp3) is 0.667. The lowest BCUT2D eigenvalue weighted by Crippen LogP contribution is -2.43. The first-order valence-corrected chi connectivity index (χ1v) is 9.93. The van der Waals surface area contributed by atoms with Crippen molar-refractivity contribution in [3.8, 4) is 5.75 Å². The molecule has 0 unspecified atom stereocenters. The topological polar surface area (TPSA) is 50.8 Å². The van der Waals surface area contributed by atoms with Crippen LogP contribution in [-0.4, -0.2) is 49.8 Å². The minimum atomic E-state index is -0.733. The van der Waals surface area contributed by atoms with Gasteiger partial charge in [-0.25, -0.2) is 0 Å². The van der Waals surface area contributed by atoms with E-state index in [-0.39, 0.29) is 5.91 Å². The second kappa shape index (κ2) is 8.87. The molecule has 1 atom stereocenters. The molecule has 1 aliphatic carbocycles. The van der Waals surface area contributed by atoms with Crippen molar-refractivity contribution in [3.63, 3.8) is 0 Å². The maximum Gasteiger partial charge on any atom is 0.256 e. The summed E-state index contributed by atoms with van der Waals surface area (Å²) in [7, 11) is 1.61. The fourth-order valence-electron chi connectivity index (χ4n) is 3.63. The summed E-state index contributed by atoms with van der Waals surface area (Å²) in [6, 6.07) is 7.61. The number of hydrogen-bond acceptors (Lipinski definition) is 4. The van der Waals surface area contributed by atoms with Crippen molar-refractivity contribution in [1.82, 2.24) is 4.90 Å². The van der Waals surface area contributed by atoms with Gasteiger partial charge in [0.1, 0.15) is 11.4 Å². The molecule has 1 saturated carbocycles. The lowest BCUT2D eigenvalue weighted by Gasteiger charge is -2.26. The van der Waals surface area contributed by atoms with Crippen LogP contribution >= 0.6 is 0 Å². The second-order valence-corrected chi connectivity index (χ2v) is 7.67. The molecule has 0 bridgehead atoms. The number of methoxy groups -OCH3 is 1. The maximum atomic E-state index is 12.5. The predicted molar refractivity (Wildman–Crippen MR) is 104 cm³/mol. The highest BCUT2D eigenvalue weighted by molar-refractivity contribution is 5.97. The van der Waals surface area contributed by atoms with E-state index >= 15 is 0 Å². The quantitative estimate of drug-likeness (QED) is 0.682. The molecule has 1 heterocycles. The molecule has 5 heteroatoms. The summed E-state index contributed by atoms with van der Waals surface area (Å²) in [5.41, 5.74) is 0.0449. The van der Waals surface area contributed by atoms with Gasteiger partial charge in [-0.15, -0.1) is 0 Å². The number of rotatable bonds is 9. The molecular weight excluding hydrogens is 328 g/mol. The van der Waals surface area contributed by atoms with Crippen molar-refractivity contribution in [2.75, 3.05) is 38.7 Å². The van der Waals surface area contributed by atoms with Gasteiger partial charge in [-0.1, -0.05) is 6.42 Å². The number of ether oxygens (including phenoxy) is 2. The molecule has 1 amide bonds. The molecule has 1 N–H and O–H groups in total. The Morgan fingerprint density at radius 1 is 1.19 bits per heavy atom. The van der Waals surface area contributed by atoms with E-state index in [0.717, 1.165) is 43.9 Å². The fourth-order valence-corrected chi connectivity index (χ4v) is 3.63. The summed E-state index contributed by atoms with van der Waals surface area (Å²) in [6.07, 6.45) is 7.20. The van der Waals surface area contributed by atoms with Gasteiger partial charge < -0.3 is 19.7 Å². The van der Waals surface area contributed by atoms with Crippen molar-refractivity contribution in [2.24, 2.45) is 5.92 Å². The summed E-state index contributed by atoms with van der Waals surface area (Å²) in [6.45, 7) is 6.18. The van der Waals surface area contributed by atoms with Gasteiger partial charge in [0.05, 0.1) is 6.61 Å². The molecule has 1 aromatic rings. The summed E-state index contributed by atoms with van der Waals surface area (Å²) in [4.78, 5) is 15.0. The van der Waals surface area contributed by atoms with Crippen LogP contribution in [-0.2, 0) is 9.53 Å². The van der Waals surface area contributed by atoms with Gasteiger partial charge in [0.2, 0.25) is 0 Å². The number of amides is 1. The average Bonchev–Trinajstić information content (AvgIpc) is 3.52. The Balaban J connectivity index is 1.41. The standard InChI is InChI=1S/C21H32N2O3/c1-21(25-2,17-7-8-17)20(24)22-18-9-11-19(12-10-18)26-16-6-15-23-13-4-3-5-14-23/h9-12,17H,3-8,13-16H2,1-2H3,(H,22,24)/t21-/m1/s1. The lowest BCUT2D eigenvalue weighted by molar-refractivity contribution is -0.138. The zero-order valence-corrected chi connectivity index (χ0v) is 16.1. The van der Waals surface area contributed by atoms with Gasteiger partial charge in [-0.05, 0) is 82.3 Å². The summed E-state index contributed by atoms with van der Waals surface area (Å²) in [5.74, 6) is 1.10. The first-order valence-electron chi connectivity index (χ1n) is 9.93. The van der Waals surface area contributed by atoms with Crippen LogP contribution in [0.1, 0.15) is 45.4 Å². The molecule has 26 heavy (non-hydrogen) atoms. The third-order valence-corrected chi connectivity index (χ3v) is 5.68. The number of anilines is 1. The Labute approximate surface area is 157 Å². The molecule has 3 rings (SSSR count). The van der Waals surface area contributed by atoms with Gasteiger partial charge in [0.25, 0.3) is 5.91 Å². The maximum absolute atomic E-state index is 12.5. The Bertz CT molecular complexity index is 579. The number of benzene rings is 1. The molecule has 0 spiro atoms. The van der Waals surface area contributed by atoms with E-state index in [2.05, 4.69) is 10.2 Å². The number of carbonyl (C=O) groups excluding carboxylic acids is 1. The molecule has 1 saturated heterocycles. The number of likely N-dealkylation sites (tertiary alicyclic amines) is 1. The van der Waals surface area contributed by atoms with Crippen LogP contribution in [0.3, 0.4) is 0 Å². The highest BCUT2D eigenvalue weighted by Gasteiger charge is 2.47. The smallest absolute Gasteiger partial charge is 0.256 e. The molecule has 144 valence electrons. The number of nitrogens with one attached hydrogen (secondary N) is 1. The average molecular weight is 360 g/mol. The molecule has 2 aliphatic rings. The van der Waals surface area contributed by atoms with Crippen LogP contribution in [0.5, 0.6) is 5.75 Å². The van der Waals surface area contributed by atoms with Crippen molar-refractivity contribution in [1.29, 1.82) is 0 Å². The Morgan fingerprint density at radius 2 is 1.88 bits per heavy atom. The highest BCUT2D eigenvalue weighted by Crippen LogP contribution is 2.42. The number of hydrogen-bond donors (Lipinski definition) is 1. The first-order chi connectivity index (χ1) is 12.6. The van der Waals surface area contributed by atoms with Crippen LogP contribution < -0.4 is 10.1 Å². The Morgan fingerprint density at radius 3 is 2.50 bits per heavy atom. The molecule has 1 aliphatic heterocycles. The van der Waals surface area contributed by atoms with Crippen LogP contribution in [0.2, 0.25) is 0 Å². The molecule has 0 radical (unpaired) electrons. The predicted octanol–water partition coefficient (Wildman–Crippen LogP) is 3.70. The normalized spacial score (nSPS) is 20.4. The number of carbonyl (C=O) groups is 1. The zero-order valence-electron chi connectivity index (χ0n) is 16.1. The SMILES string of the molecule is CO[C@@](C)(C(=O)Nc1ccc(OCCCN2CCCCC2)cc1)C1CC1. The number of piperidine rings is 1. The third kappa shape index (κ3) is 4.98. The van der Waals surface area contributed by atoms with Gasteiger partial charge in [0.15, 0.2) is 0 Å². The molecule has 0 aromatic heterocycles. The summed E-state index contributed by atoms with van der Waals surface area (Å²) < 4.78 is 11.3.